The zero-order valence-corrected chi connectivity index (χ0v) is 11.9. The summed E-state index contributed by atoms with van der Waals surface area (Å²) in [7, 11) is -4.27. The van der Waals surface area contributed by atoms with Crippen LogP contribution in [-0.4, -0.2) is 8.42 Å². The molecule has 2 N–H and O–H groups in total. The molecule has 0 saturated carbocycles. The van der Waals surface area contributed by atoms with Gasteiger partial charge in [-0.1, -0.05) is 42.5 Å². The lowest BCUT2D eigenvalue weighted by molar-refractivity contribution is -0.139. The van der Waals surface area contributed by atoms with Gasteiger partial charge in [-0.05, 0) is 12.1 Å². The predicted octanol–water partition coefficient (Wildman–Crippen LogP) is 3.07. The van der Waals surface area contributed by atoms with Crippen molar-refractivity contribution in [3.63, 3.8) is 0 Å². The van der Waals surface area contributed by atoms with Crippen LogP contribution >= 0.6 is 0 Å². The smallest absolute Gasteiger partial charge is 0.419 e. The Morgan fingerprint density at radius 1 is 0.955 bits per heavy atom. The highest BCUT2D eigenvalue weighted by Crippen LogP contribution is 2.38. The van der Waals surface area contributed by atoms with Gasteiger partial charge >= 0.3 is 6.18 Å². The molecule has 0 aliphatic carbocycles. The van der Waals surface area contributed by atoms with Crippen LogP contribution in [0.15, 0.2) is 54.6 Å². The van der Waals surface area contributed by atoms with E-state index in [2.05, 4.69) is 0 Å². The quantitative estimate of drug-likeness (QED) is 0.936. The Hall–Kier alpha value is -2.06. The third-order valence-corrected chi connectivity index (χ3v) is 3.76. The molecule has 0 fully saturated rings. The zero-order valence-electron chi connectivity index (χ0n) is 11.1. The van der Waals surface area contributed by atoms with Gasteiger partial charge in [-0.25, -0.2) is 13.6 Å². The summed E-state index contributed by atoms with van der Waals surface area (Å²) in [6, 6.07) is 11.9. The predicted molar refractivity (Wildman–Crippen MR) is 74.4 cm³/mol. The van der Waals surface area contributed by atoms with E-state index in [1.54, 1.807) is 6.07 Å². The van der Waals surface area contributed by atoms with Gasteiger partial charge in [-0.15, -0.1) is 0 Å². The van der Waals surface area contributed by atoms with E-state index >= 15 is 0 Å². The molecule has 22 heavy (non-hydrogen) atoms. The molecule has 4 nitrogen and oxygen atoms in total. The molecule has 0 bridgehead atoms. The number of alkyl halides is 3. The maximum Gasteiger partial charge on any atom is 0.419 e. The van der Waals surface area contributed by atoms with Crippen molar-refractivity contribution in [1.29, 1.82) is 0 Å². The van der Waals surface area contributed by atoms with Crippen LogP contribution in [-0.2, 0) is 16.2 Å². The Morgan fingerprint density at radius 2 is 1.50 bits per heavy atom. The van der Waals surface area contributed by atoms with E-state index in [9.17, 15) is 21.6 Å². The summed E-state index contributed by atoms with van der Waals surface area (Å²) < 4.78 is 67.2. The Balaban J connectivity index is 2.47. The molecule has 0 aliphatic rings. The van der Waals surface area contributed by atoms with Crippen molar-refractivity contribution < 1.29 is 26.3 Å². The zero-order chi connectivity index (χ0) is 16.4. The Morgan fingerprint density at radius 3 is 2.05 bits per heavy atom. The minimum Gasteiger partial charge on any atom is -0.468 e. The molecule has 1 unspecified atom stereocenters. The number of hydrogen-bond acceptors (Lipinski definition) is 3. The average Bonchev–Trinajstić information content (AvgIpc) is 2.44. The molecular formula is C14H12F3NO3S. The summed E-state index contributed by atoms with van der Waals surface area (Å²) in [5.74, 6) is -0.599. The molecule has 118 valence electrons. The molecule has 2 rings (SSSR count). The summed E-state index contributed by atoms with van der Waals surface area (Å²) in [6.07, 6.45) is -4.67. The van der Waals surface area contributed by atoms with Gasteiger partial charge in [0.05, 0.1) is 5.56 Å². The second kappa shape index (κ2) is 5.98. The highest BCUT2D eigenvalue weighted by molar-refractivity contribution is 7.89. The SMILES string of the molecule is NS(=O)(=O)C(Oc1ccccc1C(F)(F)F)c1ccccc1. The number of benzene rings is 2. The van der Waals surface area contributed by atoms with Gasteiger partial charge in [0.1, 0.15) is 5.75 Å². The first-order valence-corrected chi connectivity index (χ1v) is 7.70. The van der Waals surface area contributed by atoms with Gasteiger partial charge in [-0.3, -0.25) is 0 Å². The van der Waals surface area contributed by atoms with Crippen molar-refractivity contribution in [2.24, 2.45) is 5.14 Å². The fraction of sp³-hybridized carbons (Fsp3) is 0.143. The molecular weight excluding hydrogens is 319 g/mol. The highest BCUT2D eigenvalue weighted by Gasteiger charge is 2.36. The maximum atomic E-state index is 12.9. The molecule has 1 atom stereocenters. The molecule has 0 heterocycles. The second-order valence-electron chi connectivity index (χ2n) is 4.44. The first kappa shape index (κ1) is 16.3. The lowest BCUT2D eigenvalue weighted by Crippen LogP contribution is -2.27. The van der Waals surface area contributed by atoms with Crippen LogP contribution in [0, 0.1) is 0 Å². The van der Waals surface area contributed by atoms with Gasteiger partial charge in [0.25, 0.3) is 10.0 Å². The van der Waals surface area contributed by atoms with Crippen LogP contribution in [0.2, 0.25) is 0 Å². The van der Waals surface area contributed by atoms with E-state index < -0.39 is 32.9 Å². The number of ether oxygens (including phenoxy) is 1. The Bertz CT molecular complexity index is 745. The molecule has 2 aromatic rings. The van der Waals surface area contributed by atoms with Gasteiger partial charge < -0.3 is 4.74 Å². The Kier molecular flexibility index (Phi) is 4.43. The molecule has 8 heteroatoms. The largest absolute Gasteiger partial charge is 0.468 e. The van der Waals surface area contributed by atoms with E-state index in [-0.39, 0.29) is 5.56 Å². The number of nitrogens with two attached hydrogens (primary N) is 1. The van der Waals surface area contributed by atoms with E-state index in [0.29, 0.717) is 0 Å². The third-order valence-electron chi connectivity index (χ3n) is 2.80. The molecule has 0 spiro atoms. The average molecular weight is 331 g/mol. The summed E-state index contributed by atoms with van der Waals surface area (Å²) in [5, 5.41) is 5.08. The van der Waals surface area contributed by atoms with Crippen LogP contribution in [0.5, 0.6) is 5.75 Å². The number of primary sulfonamides is 1. The molecule has 0 amide bonds. The lowest BCUT2D eigenvalue weighted by atomic mass is 10.2. The Labute approximate surface area is 125 Å². The van der Waals surface area contributed by atoms with Gasteiger partial charge in [0.15, 0.2) is 0 Å². The molecule has 0 aliphatic heterocycles. The van der Waals surface area contributed by atoms with Crippen molar-refractivity contribution in [2.75, 3.05) is 0 Å². The second-order valence-corrected chi connectivity index (χ2v) is 6.05. The van der Waals surface area contributed by atoms with E-state index in [1.807, 2.05) is 0 Å². The first-order valence-electron chi connectivity index (χ1n) is 6.09. The van der Waals surface area contributed by atoms with Crippen LogP contribution in [0.25, 0.3) is 0 Å². The minimum absolute atomic E-state index is 0.141. The maximum absolute atomic E-state index is 12.9. The number of sulfonamides is 1. The molecule has 0 radical (unpaired) electrons. The standard InChI is InChI=1S/C14H12F3NO3S/c15-14(16,17)11-8-4-5-9-12(11)21-13(22(18,19)20)10-6-2-1-3-7-10/h1-9,13H,(H2,18,19,20). The molecule has 0 saturated heterocycles. The van der Waals surface area contributed by atoms with Gasteiger partial charge in [0.2, 0.25) is 5.44 Å². The fourth-order valence-corrected chi connectivity index (χ4v) is 2.63. The number of para-hydroxylation sites is 1. The monoisotopic (exact) mass is 331 g/mol. The van der Waals surface area contributed by atoms with Crippen LogP contribution in [0.3, 0.4) is 0 Å². The third kappa shape index (κ3) is 3.77. The van der Waals surface area contributed by atoms with Crippen molar-refractivity contribution in [2.45, 2.75) is 11.6 Å². The van der Waals surface area contributed by atoms with Gasteiger partial charge in [-0.2, -0.15) is 13.2 Å². The fourth-order valence-electron chi connectivity index (χ4n) is 1.85. The van der Waals surface area contributed by atoms with Gasteiger partial charge in [0, 0.05) is 5.56 Å². The number of halogens is 3. The highest BCUT2D eigenvalue weighted by atomic mass is 32.2. The molecule has 2 aromatic carbocycles. The summed E-state index contributed by atoms with van der Waals surface area (Å²) in [6.45, 7) is 0. The first-order chi connectivity index (χ1) is 10.2. The van der Waals surface area contributed by atoms with Crippen LogP contribution in [0.1, 0.15) is 16.6 Å². The van der Waals surface area contributed by atoms with Crippen molar-refractivity contribution in [3.05, 3.63) is 65.7 Å². The van der Waals surface area contributed by atoms with Crippen molar-refractivity contribution in [3.8, 4) is 5.75 Å². The topological polar surface area (TPSA) is 69.4 Å². The minimum atomic E-state index is -4.67. The van der Waals surface area contributed by atoms with Crippen molar-refractivity contribution in [1.82, 2.24) is 0 Å². The van der Waals surface area contributed by atoms with E-state index in [4.69, 9.17) is 9.88 Å². The van der Waals surface area contributed by atoms with E-state index in [0.717, 1.165) is 12.1 Å². The number of hydrogen-bond donors (Lipinski definition) is 1. The van der Waals surface area contributed by atoms with Crippen LogP contribution < -0.4 is 9.88 Å². The summed E-state index contributed by atoms with van der Waals surface area (Å²) in [4.78, 5) is 0. The van der Waals surface area contributed by atoms with E-state index in [1.165, 1.54) is 36.4 Å². The summed E-state index contributed by atoms with van der Waals surface area (Å²) in [5.41, 5.74) is -2.65. The van der Waals surface area contributed by atoms with Crippen LogP contribution in [0.4, 0.5) is 13.2 Å². The normalized spacial score (nSPS) is 13.6. The number of rotatable bonds is 4. The van der Waals surface area contributed by atoms with Crippen molar-refractivity contribution >= 4 is 10.0 Å². The summed E-state index contributed by atoms with van der Waals surface area (Å²) >= 11 is 0. The lowest BCUT2D eigenvalue weighted by Gasteiger charge is -2.20. The molecule has 0 aromatic heterocycles.